The van der Waals surface area contributed by atoms with Crippen LogP contribution >= 0.6 is 11.6 Å². The van der Waals surface area contributed by atoms with E-state index in [4.69, 9.17) is 17.3 Å². The van der Waals surface area contributed by atoms with Crippen LogP contribution in [0.25, 0.3) is 0 Å². The van der Waals surface area contributed by atoms with E-state index in [2.05, 4.69) is 12.2 Å². The van der Waals surface area contributed by atoms with E-state index in [0.29, 0.717) is 10.7 Å². The monoisotopic (exact) mass is 212 g/mol. The van der Waals surface area contributed by atoms with E-state index >= 15 is 0 Å². The first-order valence-electron chi connectivity index (χ1n) is 5.03. The molecule has 1 aromatic rings. The Kier molecular flexibility index (Phi) is 4.60. The molecular formula is C11H17ClN2. The van der Waals surface area contributed by atoms with Gasteiger partial charge in [0.25, 0.3) is 0 Å². The fraction of sp³-hybridized carbons (Fsp3) is 0.455. The molecule has 0 saturated heterocycles. The van der Waals surface area contributed by atoms with Crippen LogP contribution in [0.3, 0.4) is 0 Å². The van der Waals surface area contributed by atoms with Gasteiger partial charge in [-0.3, -0.25) is 0 Å². The molecule has 0 fully saturated rings. The quantitative estimate of drug-likeness (QED) is 0.579. The topological polar surface area (TPSA) is 38.0 Å². The van der Waals surface area contributed by atoms with Gasteiger partial charge in [-0.2, -0.15) is 0 Å². The number of rotatable bonds is 5. The Balaban J connectivity index is 2.39. The number of nitrogens with two attached hydrogens (primary N) is 1. The van der Waals surface area contributed by atoms with Crippen LogP contribution in [0.5, 0.6) is 0 Å². The van der Waals surface area contributed by atoms with Gasteiger partial charge in [0.1, 0.15) is 0 Å². The van der Waals surface area contributed by atoms with Crippen LogP contribution < -0.4 is 11.1 Å². The lowest BCUT2D eigenvalue weighted by atomic mass is 10.2. The highest BCUT2D eigenvalue weighted by molar-refractivity contribution is 6.33. The zero-order chi connectivity index (χ0) is 10.4. The molecule has 0 atom stereocenters. The van der Waals surface area contributed by atoms with E-state index in [-0.39, 0.29) is 0 Å². The predicted octanol–water partition coefficient (Wildman–Crippen LogP) is 3.52. The summed E-state index contributed by atoms with van der Waals surface area (Å²) in [6, 6.07) is 5.64. The number of nitrogens with one attached hydrogen (secondary N) is 1. The molecule has 0 unspecified atom stereocenters. The van der Waals surface area contributed by atoms with Crippen molar-refractivity contribution in [3.05, 3.63) is 23.2 Å². The molecule has 0 radical (unpaired) electrons. The molecule has 0 aliphatic carbocycles. The van der Waals surface area contributed by atoms with Crippen molar-refractivity contribution < 1.29 is 0 Å². The Morgan fingerprint density at radius 2 is 2.14 bits per heavy atom. The maximum atomic E-state index is 5.81. The lowest BCUT2D eigenvalue weighted by Crippen LogP contribution is -2.01. The molecule has 1 rings (SSSR count). The number of benzene rings is 1. The first-order chi connectivity index (χ1) is 6.74. The van der Waals surface area contributed by atoms with Crippen LogP contribution in [0.2, 0.25) is 5.02 Å². The number of anilines is 2. The number of unbranched alkanes of at least 4 members (excludes halogenated alkanes) is 2. The van der Waals surface area contributed by atoms with Gasteiger partial charge in [-0.05, 0) is 24.6 Å². The van der Waals surface area contributed by atoms with Gasteiger partial charge < -0.3 is 11.1 Å². The zero-order valence-corrected chi connectivity index (χ0v) is 9.27. The summed E-state index contributed by atoms with van der Waals surface area (Å²) in [7, 11) is 0. The van der Waals surface area contributed by atoms with Gasteiger partial charge in [0, 0.05) is 12.2 Å². The Labute approximate surface area is 90.4 Å². The largest absolute Gasteiger partial charge is 0.397 e. The SMILES string of the molecule is CCCCCNc1ccc(Cl)c(N)c1. The summed E-state index contributed by atoms with van der Waals surface area (Å²) >= 11 is 5.81. The van der Waals surface area contributed by atoms with Crippen LogP contribution in [-0.4, -0.2) is 6.54 Å². The van der Waals surface area contributed by atoms with Gasteiger partial charge in [-0.15, -0.1) is 0 Å². The van der Waals surface area contributed by atoms with Crippen LogP contribution in [0.4, 0.5) is 11.4 Å². The van der Waals surface area contributed by atoms with Crippen molar-refractivity contribution >= 4 is 23.0 Å². The van der Waals surface area contributed by atoms with Crippen LogP contribution in [0.15, 0.2) is 18.2 Å². The fourth-order valence-corrected chi connectivity index (χ4v) is 1.38. The normalized spacial score (nSPS) is 10.1. The lowest BCUT2D eigenvalue weighted by Gasteiger charge is -2.07. The Morgan fingerprint density at radius 1 is 1.36 bits per heavy atom. The van der Waals surface area contributed by atoms with Crippen molar-refractivity contribution in [2.24, 2.45) is 0 Å². The average molecular weight is 213 g/mol. The molecule has 78 valence electrons. The van der Waals surface area contributed by atoms with Gasteiger partial charge in [-0.25, -0.2) is 0 Å². The van der Waals surface area contributed by atoms with Crippen LogP contribution in [-0.2, 0) is 0 Å². The van der Waals surface area contributed by atoms with Gasteiger partial charge in [-0.1, -0.05) is 31.4 Å². The second-order valence-corrected chi connectivity index (χ2v) is 3.78. The third kappa shape index (κ3) is 3.46. The molecule has 14 heavy (non-hydrogen) atoms. The van der Waals surface area contributed by atoms with Gasteiger partial charge >= 0.3 is 0 Å². The van der Waals surface area contributed by atoms with E-state index in [0.717, 1.165) is 12.2 Å². The lowest BCUT2D eigenvalue weighted by molar-refractivity contribution is 0.744. The summed E-state index contributed by atoms with van der Waals surface area (Å²) in [5.74, 6) is 0. The Morgan fingerprint density at radius 3 is 2.79 bits per heavy atom. The van der Waals surface area contributed by atoms with Crippen LogP contribution in [0, 0.1) is 0 Å². The summed E-state index contributed by atoms with van der Waals surface area (Å²) in [5.41, 5.74) is 7.36. The average Bonchev–Trinajstić information content (AvgIpc) is 2.18. The molecule has 3 heteroatoms. The van der Waals surface area contributed by atoms with Crippen molar-refractivity contribution in [3.63, 3.8) is 0 Å². The highest BCUT2D eigenvalue weighted by atomic mass is 35.5. The van der Waals surface area contributed by atoms with Crippen LogP contribution in [0.1, 0.15) is 26.2 Å². The van der Waals surface area contributed by atoms with E-state index in [1.807, 2.05) is 18.2 Å². The highest BCUT2D eigenvalue weighted by Gasteiger charge is 1.96. The third-order valence-electron chi connectivity index (χ3n) is 2.11. The molecule has 0 bridgehead atoms. The predicted molar refractivity (Wildman–Crippen MR) is 63.9 cm³/mol. The van der Waals surface area contributed by atoms with Crippen molar-refractivity contribution in [3.8, 4) is 0 Å². The van der Waals surface area contributed by atoms with E-state index in [1.54, 1.807) is 0 Å². The summed E-state index contributed by atoms with van der Waals surface area (Å²) in [6.45, 7) is 3.19. The molecule has 0 aliphatic heterocycles. The zero-order valence-electron chi connectivity index (χ0n) is 8.52. The van der Waals surface area contributed by atoms with Gasteiger partial charge in [0.05, 0.1) is 10.7 Å². The maximum absolute atomic E-state index is 5.81. The first-order valence-corrected chi connectivity index (χ1v) is 5.40. The highest BCUT2D eigenvalue weighted by Crippen LogP contribution is 2.22. The fourth-order valence-electron chi connectivity index (χ4n) is 1.26. The first kappa shape index (κ1) is 11.2. The molecule has 0 saturated carbocycles. The summed E-state index contributed by atoms with van der Waals surface area (Å²) in [5, 5.41) is 3.92. The maximum Gasteiger partial charge on any atom is 0.0636 e. The summed E-state index contributed by atoms with van der Waals surface area (Å²) in [4.78, 5) is 0. The second kappa shape index (κ2) is 5.76. The van der Waals surface area contributed by atoms with Crippen molar-refractivity contribution in [2.75, 3.05) is 17.6 Å². The summed E-state index contributed by atoms with van der Waals surface area (Å²) < 4.78 is 0. The molecule has 0 heterocycles. The molecule has 0 aliphatic rings. The number of hydrogen-bond donors (Lipinski definition) is 2. The van der Waals surface area contributed by atoms with Gasteiger partial charge in [0.15, 0.2) is 0 Å². The summed E-state index contributed by atoms with van der Waals surface area (Å²) in [6.07, 6.45) is 3.69. The van der Waals surface area contributed by atoms with E-state index in [1.165, 1.54) is 19.3 Å². The molecule has 0 aromatic heterocycles. The Bertz CT molecular complexity index is 287. The molecule has 0 spiro atoms. The van der Waals surface area contributed by atoms with E-state index < -0.39 is 0 Å². The van der Waals surface area contributed by atoms with Crippen molar-refractivity contribution in [1.82, 2.24) is 0 Å². The smallest absolute Gasteiger partial charge is 0.0636 e. The number of halogens is 1. The minimum absolute atomic E-state index is 0.615. The molecule has 1 aromatic carbocycles. The molecule has 3 N–H and O–H groups in total. The van der Waals surface area contributed by atoms with Gasteiger partial charge in [0.2, 0.25) is 0 Å². The standard InChI is InChI=1S/C11H17ClN2/c1-2-3-4-7-14-9-5-6-10(12)11(13)8-9/h5-6,8,14H,2-4,7,13H2,1H3. The number of nitrogen functional groups attached to an aromatic ring is 1. The third-order valence-corrected chi connectivity index (χ3v) is 2.45. The number of hydrogen-bond acceptors (Lipinski definition) is 2. The molecular weight excluding hydrogens is 196 g/mol. The Hall–Kier alpha value is -0.890. The molecule has 0 amide bonds. The molecule has 2 nitrogen and oxygen atoms in total. The minimum Gasteiger partial charge on any atom is -0.397 e. The van der Waals surface area contributed by atoms with E-state index in [9.17, 15) is 0 Å². The van der Waals surface area contributed by atoms with Crippen molar-refractivity contribution in [2.45, 2.75) is 26.2 Å². The van der Waals surface area contributed by atoms with Crippen molar-refractivity contribution in [1.29, 1.82) is 0 Å². The second-order valence-electron chi connectivity index (χ2n) is 3.37. The minimum atomic E-state index is 0.615.